The number of pyridine rings is 1. The maximum atomic E-state index is 12.9. The topological polar surface area (TPSA) is 71.5 Å². The van der Waals surface area contributed by atoms with E-state index in [2.05, 4.69) is 30.5 Å². The van der Waals surface area contributed by atoms with E-state index in [0.717, 1.165) is 47.3 Å². The monoisotopic (exact) mass is 599 g/mol. The van der Waals surface area contributed by atoms with Gasteiger partial charge in [-0.15, -0.1) is 12.4 Å². The van der Waals surface area contributed by atoms with Gasteiger partial charge in [-0.25, -0.2) is 8.42 Å². The Morgan fingerprint density at radius 2 is 1.38 bits per heavy atom. The van der Waals surface area contributed by atoms with Gasteiger partial charge < -0.3 is 9.64 Å². The average molecular weight is 601 g/mol. The van der Waals surface area contributed by atoms with E-state index in [9.17, 15) is 8.42 Å². The number of nitrogens with zero attached hydrogens (tertiary/aromatic N) is 2. The number of piperidine rings is 1. The molecule has 1 aliphatic heterocycles. The molecule has 0 atom stereocenters. The minimum absolute atomic E-state index is 0. The zero-order valence-electron chi connectivity index (χ0n) is 20.0. The van der Waals surface area contributed by atoms with Gasteiger partial charge in [0.05, 0.1) is 4.90 Å². The summed E-state index contributed by atoms with van der Waals surface area (Å²) in [4.78, 5) is 6.63. The number of nitrogens with one attached hydrogen (secondary N) is 1. The lowest BCUT2D eigenvalue weighted by Gasteiger charge is -2.33. The molecule has 0 unspecified atom stereocenters. The molecule has 0 spiro atoms. The Morgan fingerprint density at radius 1 is 0.811 bits per heavy atom. The fourth-order valence-corrected chi connectivity index (χ4v) is 5.59. The Balaban J connectivity index is 0.00000320. The summed E-state index contributed by atoms with van der Waals surface area (Å²) in [6.45, 7) is 1.85. The smallest absolute Gasteiger partial charge is 0.261 e. The van der Waals surface area contributed by atoms with E-state index in [1.807, 2.05) is 73.1 Å². The standard InChI is InChI=1S/C28H26BrN3O3S.ClH/c29-23-5-1-21(2-6-23)22-3-11-28(12-4-22)36(33,34)31-24-7-9-26(10-8-24)35-27-15-19-32(20-16-27)25-13-17-30-18-14-25;/h1-14,17-18,27,31H,15-16,19-20H2;1H. The van der Waals surface area contributed by atoms with E-state index < -0.39 is 10.0 Å². The summed E-state index contributed by atoms with van der Waals surface area (Å²) < 4.78 is 35.6. The maximum absolute atomic E-state index is 12.9. The molecular weight excluding hydrogens is 574 g/mol. The molecule has 6 nitrogen and oxygen atoms in total. The lowest BCUT2D eigenvalue weighted by atomic mass is 10.1. The van der Waals surface area contributed by atoms with Gasteiger partial charge in [-0.05, 0) is 71.8 Å². The van der Waals surface area contributed by atoms with Gasteiger partial charge >= 0.3 is 0 Å². The molecule has 0 aliphatic carbocycles. The van der Waals surface area contributed by atoms with E-state index >= 15 is 0 Å². The number of anilines is 2. The molecule has 3 aromatic carbocycles. The van der Waals surface area contributed by atoms with E-state index in [1.165, 1.54) is 5.69 Å². The quantitative estimate of drug-likeness (QED) is 0.253. The summed E-state index contributed by atoms with van der Waals surface area (Å²) in [5.74, 6) is 0.735. The van der Waals surface area contributed by atoms with E-state index in [1.54, 1.807) is 24.3 Å². The molecule has 0 bridgehead atoms. The molecule has 1 fully saturated rings. The highest BCUT2D eigenvalue weighted by molar-refractivity contribution is 9.10. The maximum Gasteiger partial charge on any atom is 0.261 e. The van der Waals surface area contributed by atoms with Crippen molar-refractivity contribution in [2.45, 2.75) is 23.8 Å². The Labute approximate surface area is 232 Å². The van der Waals surface area contributed by atoms with Crippen LogP contribution in [-0.4, -0.2) is 32.6 Å². The lowest BCUT2D eigenvalue weighted by molar-refractivity contribution is 0.171. The van der Waals surface area contributed by atoms with Crippen LogP contribution in [0.15, 0.2) is 107 Å². The van der Waals surface area contributed by atoms with Crippen molar-refractivity contribution in [3.63, 3.8) is 0 Å². The molecule has 0 amide bonds. The number of ether oxygens (including phenoxy) is 1. The molecule has 37 heavy (non-hydrogen) atoms. The normalized spacial score (nSPS) is 14.0. The molecule has 1 aromatic heterocycles. The summed E-state index contributed by atoms with van der Waals surface area (Å²) in [6.07, 6.45) is 5.61. The van der Waals surface area contributed by atoms with Crippen LogP contribution < -0.4 is 14.4 Å². The van der Waals surface area contributed by atoms with E-state index in [0.29, 0.717) is 5.69 Å². The van der Waals surface area contributed by atoms with Gasteiger partial charge in [0, 0.05) is 54.2 Å². The number of hydrogen-bond donors (Lipinski definition) is 1. The predicted molar refractivity (Wildman–Crippen MR) is 154 cm³/mol. The molecule has 4 aromatic rings. The summed E-state index contributed by atoms with van der Waals surface area (Å²) >= 11 is 3.43. The first-order chi connectivity index (χ1) is 17.5. The molecule has 2 heterocycles. The highest BCUT2D eigenvalue weighted by atomic mass is 79.9. The van der Waals surface area contributed by atoms with Crippen molar-refractivity contribution in [1.82, 2.24) is 4.98 Å². The second-order valence-electron chi connectivity index (χ2n) is 8.67. The Morgan fingerprint density at radius 3 is 1.97 bits per heavy atom. The number of aromatic nitrogens is 1. The first-order valence-corrected chi connectivity index (χ1v) is 14.0. The van der Waals surface area contributed by atoms with Crippen molar-refractivity contribution in [1.29, 1.82) is 0 Å². The molecule has 1 aliphatic rings. The van der Waals surface area contributed by atoms with Gasteiger partial charge in [-0.2, -0.15) is 0 Å². The molecule has 192 valence electrons. The van der Waals surface area contributed by atoms with Crippen molar-refractivity contribution in [3.05, 3.63) is 102 Å². The van der Waals surface area contributed by atoms with Crippen LogP contribution in [0, 0.1) is 0 Å². The molecule has 1 saturated heterocycles. The van der Waals surface area contributed by atoms with E-state index in [-0.39, 0.29) is 23.4 Å². The Hall–Kier alpha value is -3.07. The third-order valence-electron chi connectivity index (χ3n) is 6.22. The van der Waals surface area contributed by atoms with Crippen molar-refractivity contribution in [2.24, 2.45) is 0 Å². The highest BCUT2D eigenvalue weighted by Crippen LogP contribution is 2.26. The van der Waals surface area contributed by atoms with Crippen LogP contribution in [0.2, 0.25) is 0 Å². The van der Waals surface area contributed by atoms with Crippen LogP contribution in [0.3, 0.4) is 0 Å². The van der Waals surface area contributed by atoms with Crippen molar-refractivity contribution in [2.75, 3.05) is 22.7 Å². The SMILES string of the molecule is Cl.O=S(=O)(Nc1ccc(OC2CCN(c3ccncc3)CC2)cc1)c1ccc(-c2ccc(Br)cc2)cc1. The Kier molecular flexibility index (Phi) is 8.74. The number of hydrogen-bond acceptors (Lipinski definition) is 5. The minimum atomic E-state index is -3.70. The average Bonchev–Trinajstić information content (AvgIpc) is 2.91. The van der Waals surface area contributed by atoms with Crippen LogP contribution >= 0.6 is 28.3 Å². The van der Waals surface area contributed by atoms with Crippen molar-refractivity contribution >= 4 is 49.7 Å². The van der Waals surface area contributed by atoms with Crippen molar-refractivity contribution < 1.29 is 13.2 Å². The van der Waals surface area contributed by atoms with Crippen LogP contribution in [0.4, 0.5) is 11.4 Å². The van der Waals surface area contributed by atoms with Gasteiger partial charge in [0.1, 0.15) is 11.9 Å². The lowest BCUT2D eigenvalue weighted by Crippen LogP contribution is -2.38. The summed E-state index contributed by atoms with van der Waals surface area (Å²) in [5, 5.41) is 0. The van der Waals surface area contributed by atoms with E-state index in [4.69, 9.17) is 4.74 Å². The van der Waals surface area contributed by atoms with Crippen LogP contribution in [0.1, 0.15) is 12.8 Å². The zero-order valence-corrected chi connectivity index (χ0v) is 23.2. The molecule has 1 N–H and O–H groups in total. The Bertz CT molecular complexity index is 1390. The van der Waals surface area contributed by atoms with Crippen molar-refractivity contribution in [3.8, 4) is 16.9 Å². The number of rotatable bonds is 7. The summed E-state index contributed by atoms with van der Waals surface area (Å²) in [5.41, 5.74) is 3.65. The third kappa shape index (κ3) is 6.83. The van der Waals surface area contributed by atoms with Gasteiger partial charge in [0.2, 0.25) is 0 Å². The highest BCUT2D eigenvalue weighted by Gasteiger charge is 2.21. The first kappa shape index (κ1) is 27.0. The first-order valence-electron chi connectivity index (χ1n) is 11.8. The third-order valence-corrected chi connectivity index (χ3v) is 8.15. The van der Waals surface area contributed by atoms with Crippen LogP contribution in [-0.2, 0) is 10.0 Å². The van der Waals surface area contributed by atoms with Gasteiger partial charge in [-0.3, -0.25) is 9.71 Å². The molecule has 0 saturated carbocycles. The van der Waals surface area contributed by atoms with Crippen LogP contribution in [0.5, 0.6) is 5.75 Å². The predicted octanol–water partition coefficient (Wildman–Crippen LogP) is 6.78. The molecule has 5 rings (SSSR count). The number of halogens is 2. The van der Waals surface area contributed by atoms with Gasteiger partial charge in [0.25, 0.3) is 10.0 Å². The number of sulfonamides is 1. The molecule has 0 radical (unpaired) electrons. The second kappa shape index (κ2) is 12.0. The summed E-state index contributed by atoms with van der Waals surface area (Å²) in [6, 6.07) is 25.9. The van der Waals surface area contributed by atoms with Gasteiger partial charge in [0.15, 0.2) is 0 Å². The number of benzene rings is 3. The summed E-state index contributed by atoms with van der Waals surface area (Å²) in [7, 11) is -3.70. The molecule has 9 heteroatoms. The minimum Gasteiger partial charge on any atom is -0.490 e. The van der Waals surface area contributed by atoms with Crippen LogP contribution in [0.25, 0.3) is 11.1 Å². The fraction of sp³-hybridized carbons (Fsp3) is 0.179. The zero-order chi connectivity index (χ0) is 25.0. The fourth-order valence-electron chi connectivity index (χ4n) is 4.26. The molecular formula is C28H27BrClN3O3S. The second-order valence-corrected chi connectivity index (χ2v) is 11.3. The van der Waals surface area contributed by atoms with Gasteiger partial charge in [-0.1, -0.05) is 40.2 Å². The largest absolute Gasteiger partial charge is 0.490 e.